The SMILES string of the molecule is COc1ccc(C2=CN3CCC[C@H]3CC2=O)cc1. The highest BCUT2D eigenvalue weighted by atomic mass is 16.5. The van der Waals surface area contributed by atoms with Gasteiger partial charge >= 0.3 is 0 Å². The minimum Gasteiger partial charge on any atom is -0.497 e. The lowest BCUT2D eigenvalue weighted by Crippen LogP contribution is -2.32. The number of rotatable bonds is 2. The molecule has 1 saturated heterocycles. The van der Waals surface area contributed by atoms with Crippen molar-refractivity contribution in [2.24, 2.45) is 0 Å². The molecule has 94 valence electrons. The van der Waals surface area contributed by atoms with Crippen LogP contribution in [0.2, 0.25) is 0 Å². The highest BCUT2D eigenvalue weighted by Crippen LogP contribution is 2.31. The predicted octanol–water partition coefficient (Wildman–Crippen LogP) is 2.47. The Bertz CT molecular complexity index is 490. The zero-order valence-electron chi connectivity index (χ0n) is 10.6. The first-order chi connectivity index (χ1) is 8.78. The number of benzene rings is 1. The molecule has 0 N–H and O–H groups in total. The maximum absolute atomic E-state index is 12.2. The number of fused-ring (bicyclic) bond motifs is 1. The summed E-state index contributed by atoms with van der Waals surface area (Å²) in [6, 6.07) is 8.16. The van der Waals surface area contributed by atoms with Crippen molar-refractivity contribution in [3.63, 3.8) is 0 Å². The molecule has 0 radical (unpaired) electrons. The van der Waals surface area contributed by atoms with Crippen molar-refractivity contribution < 1.29 is 9.53 Å². The molecule has 0 aromatic heterocycles. The third-order valence-corrected chi connectivity index (χ3v) is 3.84. The van der Waals surface area contributed by atoms with E-state index in [-0.39, 0.29) is 5.78 Å². The van der Waals surface area contributed by atoms with Gasteiger partial charge in [-0.15, -0.1) is 0 Å². The van der Waals surface area contributed by atoms with Crippen molar-refractivity contribution >= 4 is 11.4 Å². The molecule has 3 rings (SSSR count). The lowest BCUT2D eigenvalue weighted by atomic mass is 9.94. The van der Waals surface area contributed by atoms with Gasteiger partial charge in [-0.05, 0) is 30.5 Å². The number of carbonyl (C=O) groups excluding carboxylic acids is 1. The molecule has 2 heterocycles. The molecule has 0 unspecified atom stereocenters. The van der Waals surface area contributed by atoms with Gasteiger partial charge in [0.2, 0.25) is 0 Å². The summed E-state index contributed by atoms with van der Waals surface area (Å²) in [5.74, 6) is 1.09. The summed E-state index contributed by atoms with van der Waals surface area (Å²) < 4.78 is 5.14. The van der Waals surface area contributed by atoms with E-state index in [2.05, 4.69) is 4.90 Å². The largest absolute Gasteiger partial charge is 0.497 e. The summed E-state index contributed by atoms with van der Waals surface area (Å²) >= 11 is 0. The molecule has 2 aliphatic heterocycles. The van der Waals surface area contributed by atoms with Crippen LogP contribution in [0.5, 0.6) is 5.75 Å². The Morgan fingerprint density at radius 2 is 2.06 bits per heavy atom. The predicted molar refractivity (Wildman–Crippen MR) is 70.3 cm³/mol. The average molecular weight is 243 g/mol. The molecule has 0 aliphatic carbocycles. The molecular weight excluding hydrogens is 226 g/mol. The van der Waals surface area contributed by atoms with Crippen LogP contribution in [0.15, 0.2) is 30.5 Å². The summed E-state index contributed by atoms with van der Waals surface area (Å²) in [4.78, 5) is 14.5. The van der Waals surface area contributed by atoms with Crippen molar-refractivity contribution in [3.05, 3.63) is 36.0 Å². The molecule has 2 aliphatic rings. The Balaban J connectivity index is 1.91. The Labute approximate surface area is 107 Å². The van der Waals surface area contributed by atoms with Crippen molar-refractivity contribution in [1.29, 1.82) is 0 Å². The van der Waals surface area contributed by atoms with E-state index in [1.54, 1.807) is 7.11 Å². The van der Waals surface area contributed by atoms with Gasteiger partial charge in [-0.3, -0.25) is 4.79 Å². The number of nitrogens with zero attached hydrogens (tertiary/aromatic N) is 1. The van der Waals surface area contributed by atoms with E-state index in [9.17, 15) is 4.79 Å². The summed E-state index contributed by atoms with van der Waals surface area (Å²) in [6.45, 7) is 1.08. The maximum Gasteiger partial charge on any atom is 0.166 e. The Morgan fingerprint density at radius 1 is 1.28 bits per heavy atom. The first-order valence-corrected chi connectivity index (χ1v) is 6.43. The Morgan fingerprint density at radius 3 is 2.78 bits per heavy atom. The average Bonchev–Trinajstić information content (AvgIpc) is 2.85. The highest BCUT2D eigenvalue weighted by molar-refractivity contribution is 6.21. The molecule has 1 aromatic carbocycles. The summed E-state index contributed by atoms with van der Waals surface area (Å²) in [5.41, 5.74) is 1.84. The zero-order valence-corrected chi connectivity index (χ0v) is 10.6. The Kier molecular flexibility index (Phi) is 2.82. The van der Waals surface area contributed by atoms with Gasteiger partial charge in [-0.1, -0.05) is 12.1 Å². The van der Waals surface area contributed by atoms with Gasteiger partial charge in [0.25, 0.3) is 0 Å². The van der Waals surface area contributed by atoms with Crippen LogP contribution >= 0.6 is 0 Å². The smallest absolute Gasteiger partial charge is 0.166 e. The fraction of sp³-hybridized carbons (Fsp3) is 0.400. The number of ketones is 1. The van der Waals surface area contributed by atoms with Crippen LogP contribution in [-0.4, -0.2) is 30.4 Å². The van der Waals surface area contributed by atoms with Crippen LogP contribution in [0.3, 0.4) is 0 Å². The van der Waals surface area contributed by atoms with Gasteiger partial charge in [-0.2, -0.15) is 0 Å². The number of hydrogen-bond donors (Lipinski definition) is 0. The van der Waals surface area contributed by atoms with Crippen LogP contribution in [0.4, 0.5) is 0 Å². The second-order valence-electron chi connectivity index (χ2n) is 4.93. The highest BCUT2D eigenvalue weighted by Gasteiger charge is 2.31. The van der Waals surface area contributed by atoms with E-state index in [1.165, 1.54) is 6.42 Å². The minimum atomic E-state index is 0.267. The van der Waals surface area contributed by atoms with Crippen molar-refractivity contribution in [2.45, 2.75) is 25.3 Å². The lowest BCUT2D eigenvalue weighted by molar-refractivity contribution is -0.115. The standard InChI is InChI=1S/C15H17NO2/c1-18-13-6-4-11(5-7-13)14-10-16-8-2-3-12(16)9-15(14)17/h4-7,10,12H,2-3,8-9H2,1H3/t12-/m0/s1. The van der Waals surface area contributed by atoms with Crippen LogP contribution in [0.1, 0.15) is 24.8 Å². The van der Waals surface area contributed by atoms with Gasteiger partial charge in [0.1, 0.15) is 5.75 Å². The van der Waals surface area contributed by atoms with Crippen LogP contribution < -0.4 is 4.74 Å². The van der Waals surface area contributed by atoms with Gasteiger partial charge in [-0.25, -0.2) is 0 Å². The van der Waals surface area contributed by atoms with Crippen molar-refractivity contribution in [2.75, 3.05) is 13.7 Å². The Hall–Kier alpha value is -1.77. The monoisotopic (exact) mass is 243 g/mol. The third kappa shape index (κ3) is 1.90. The van der Waals surface area contributed by atoms with Gasteiger partial charge in [0, 0.05) is 30.8 Å². The normalized spacial score (nSPS) is 22.7. The fourth-order valence-corrected chi connectivity index (χ4v) is 2.82. The third-order valence-electron chi connectivity index (χ3n) is 3.84. The number of ether oxygens (including phenoxy) is 1. The van der Waals surface area contributed by atoms with E-state index < -0.39 is 0 Å². The van der Waals surface area contributed by atoms with Gasteiger partial charge in [0.05, 0.1) is 7.11 Å². The molecule has 0 spiro atoms. The molecule has 3 heteroatoms. The zero-order chi connectivity index (χ0) is 12.5. The van der Waals surface area contributed by atoms with Crippen LogP contribution in [-0.2, 0) is 4.79 Å². The van der Waals surface area contributed by atoms with Gasteiger partial charge < -0.3 is 9.64 Å². The number of Topliss-reactive ketones (excluding diaryl/α,β-unsaturated/α-hetero) is 1. The lowest BCUT2D eigenvalue weighted by Gasteiger charge is -2.28. The summed E-state index contributed by atoms with van der Waals surface area (Å²) in [7, 11) is 1.65. The molecule has 1 fully saturated rings. The summed E-state index contributed by atoms with van der Waals surface area (Å²) in [5, 5.41) is 0. The van der Waals surface area contributed by atoms with E-state index in [0.717, 1.165) is 29.9 Å². The van der Waals surface area contributed by atoms with E-state index >= 15 is 0 Å². The molecule has 18 heavy (non-hydrogen) atoms. The second-order valence-corrected chi connectivity index (χ2v) is 4.93. The molecule has 0 bridgehead atoms. The quantitative estimate of drug-likeness (QED) is 0.799. The molecule has 1 aromatic rings. The number of hydrogen-bond acceptors (Lipinski definition) is 3. The first kappa shape index (κ1) is 11.3. The van der Waals surface area contributed by atoms with Crippen molar-refractivity contribution in [3.8, 4) is 5.75 Å². The number of methoxy groups -OCH3 is 1. The minimum absolute atomic E-state index is 0.267. The topological polar surface area (TPSA) is 29.5 Å². The molecule has 3 nitrogen and oxygen atoms in total. The summed E-state index contributed by atoms with van der Waals surface area (Å²) in [6.07, 6.45) is 5.06. The fourth-order valence-electron chi connectivity index (χ4n) is 2.82. The van der Waals surface area contributed by atoms with Gasteiger partial charge in [0.15, 0.2) is 5.78 Å². The maximum atomic E-state index is 12.2. The first-order valence-electron chi connectivity index (χ1n) is 6.43. The molecule has 1 atom stereocenters. The van der Waals surface area contributed by atoms with Crippen LogP contribution in [0, 0.1) is 0 Å². The molecule has 0 saturated carbocycles. The van der Waals surface area contributed by atoms with E-state index in [0.29, 0.717) is 12.5 Å². The van der Waals surface area contributed by atoms with E-state index in [4.69, 9.17) is 4.74 Å². The number of allylic oxidation sites excluding steroid dienone is 1. The second kappa shape index (κ2) is 4.48. The molecular formula is C15H17NO2. The number of carbonyl (C=O) groups is 1. The van der Waals surface area contributed by atoms with E-state index in [1.807, 2.05) is 30.5 Å². The van der Waals surface area contributed by atoms with Crippen molar-refractivity contribution in [1.82, 2.24) is 4.90 Å². The molecule has 0 amide bonds. The van der Waals surface area contributed by atoms with Crippen LogP contribution in [0.25, 0.3) is 5.57 Å².